The number of nitrogens with one attached hydrogen (secondary N) is 2. The van der Waals surface area contributed by atoms with Gasteiger partial charge in [-0.2, -0.15) is 0 Å². The van der Waals surface area contributed by atoms with Crippen molar-refractivity contribution >= 4 is 23.3 Å². The first kappa shape index (κ1) is 26.7. The van der Waals surface area contributed by atoms with E-state index in [0.717, 1.165) is 16.8 Å². The Morgan fingerprint density at radius 3 is 2.60 bits per heavy atom. The van der Waals surface area contributed by atoms with Crippen LogP contribution in [0.5, 0.6) is 17.2 Å². The van der Waals surface area contributed by atoms with E-state index < -0.39 is 17.3 Å². The first-order valence-corrected chi connectivity index (χ1v) is 12.6. The number of aryl methyl sites for hydroxylation is 1. The van der Waals surface area contributed by atoms with Crippen LogP contribution in [0.25, 0.3) is 11.1 Å². The highest BCUT2D eigenvalue weighted by Crippen LogP contribution is 2.43. The molecule has 0 unspecified atom stereocenters. The van der Waals surface area contributed by atoms with Gasteiger partial charge in [-0.3, -0.25) is 9.78 Å². The summed E-state index contributed by atoms with van der Waals surface area (Å²) in [7, 11) is 1.52. The molecule has 0 saturated heterocycles. The molecule has 0 saturated carbocycles. The van der Waals surface area contributed by atoms with Crippen LogP contribution in [-0.2, 0) is 11.4 Å². The van der Waals surface area contributed by atoms with Gasteiger partial charge in [0.2, 0.25) is 5.91 Å². The number of amides is 1. The van der Waals surface area contributed by atoms with Gasteiger partial charge < -0.3 is 24.8 Å². The van der Waals surface area contributed by atoms with Crippen LogP contribution >= 0.6 is 0 Å². The van der Waals surface area contributed by atoms with Crippen molar-refractivity contribution in [3.63, 3.8) is 0 Å². The lowest BCUT2D eigenvalue weighted by Crippen LogP contribution is -2.47. The number of esters is 1. The monoisotopic (exact) mass is 543 g/mol. The van der Waals surface area contributed by atoms with Crippen molar-refractivity contribution in [2.45, 2.75) is 32.9 Å². The number of anilines is 2. The van der Waals surface area contributed by atoms with E-state index in [1.54, 1.807) is 56.4 Å². The molecule has 206 valence electrons. The Hall–Kier alpha value is -4.92. The number of benzene rings is 3. The third-order valence-electron chi connectivity index (χ3n) is 6.66. The zero-order chi connectivity index (χ0) is 28.4. The SMILES string of the molecule is COc1cc(OC(=O)c2cccnc2)ccc1-c1ccc2c(c1COc1cc(F)ccc1C)NC(=O)C(C)(C)N2.[HH]. The summed E-state index contributed by atoms with van der Waals surface area (Å²) in [4.78, 5) is 29.4. The second-order valence-electron chi connectivity index (χ2n) is 9.91. The van der Waals surface area contributed by atoms with Crippen LogP contribution in [-0.4, -0.2) is 29.5 Å². The number of fused-ring (bicyclic) bond motifs is 1. The number of halogens is 1. The van der Waals surface area contributed by atoms with Crippen molar-refractivity contribution < 1.29 is 29.6 Å². The van der Waals surface area contributed by atoms with Gasteiger partial charge in [-0.05, 0) is 68.3 Å². The summed E-state index contributed by atoms with van der Waals surface area (Å²) < 4.78 is 31.3. The molecule has 1 aromatic heterocycles. The van der Waals surface area contributed by atoms with Crippen molar-refractivity contribution in [3.8, 4) is 28.4 Å². The molecular weight excluding hydrogens is 513 g/mol. The highest BCUT2D eigenvalue weighted by molar-refractivity contribution is 6.07. The molecule has 0 fully saturated rings. The minimum Gasteiger partial charge on any atom is -0.496 e. The van der Waals surface area contributed by atoms with Gasteiger partial charge in [0.15, 0.2) is 0 Å². The zero-order valence-electron chi connectivity index (χ0n) is 22.5. The molecule has 9 heteroatoms. The largest absolute Gasteiger partial charge is 0.496 e. The van der Waals surface area contributed by atoms with E-state index in [4.69, 9.17) is 14.2 Å². The maximum Gasteiger partial charge on any atom is 0.345 e. The molecule has 3 aromatic carbocycles. The van der Waals surface area contributed by atoms with Crippen molar-refractivity contribution in [2.75, 3.05) is 17.7 Å². The number of hydrogen-bond donors (Lipinski definition) is 2. The minimum atomic E-state index is -0.816. The van der Waals surface area contributed by atoms with E-state index in [0.29, 0.717) is 33.9 Å². The summed E-state index contributed by atoms with van der Waals surface area (Å²) in [5.41, 5.74) is 3.62. The smallest absolute Gasteiger partial charge is 0.345 e. The van der Waals surface area contributed by atoms with Gasteiger partial charge in [-0.25, -0.2) is 9.18 Å². The van der Waals surface area contributed by atoms with E-state index in [2.05, 4.69) is 15.6 Å². The van der Waals surface area contributed by atoms with Crippen molar-refractivity contribution in [3.05, 3.63) is 95.6 Å². The number of pyridine rings is 1. The summed E-state index contributed by atoms with van der Waals surface area (Å²) in [5.74, 6) is -0.0423. The Kier molecular flexibility index (Phi) is 7.13. The first-order chi connectivity index (χ1) is 19.2. The van der Waals surface area contributed by atoms with Crippen LogP contribution in [0.2, 0.25) is 0 Å². The fraction of sp³-hybridized carbons (Fsp3) is 0.194. The molecule has 1 aliphatic heterocycles. The second kappa shape index (κ2) is 10.7. The summed E-state index contributed by atoms with van der Waals surface area (Å²) in [6.45, 7) is 5.45. The molecule has 1 amide bonds. The number of carbonyl (C=O) groups is 2. The molecule has 40 heavy (non-hydrogen) atoms. The Labute approximate surface area is 232 Å². The lowest BCUT2D eigenvalue weighted by Gasteiger charge is -2.34. The predicted molar refractivity (Wildman–Crippen MR) is 152 cm³/mol. The van der Waals surface area contributed by atoms with E-state index in [1.807, 2.05) is 19.1 Å². The Bertz CT molecular complexity index is 1610. The molecule has 0 radical (unpaired) electrons. The van der Waals surface area contributed by atoms with Crippen molar-refractivity contribution in [1.29, 1.82) is 0 Å². The number of ether oxygens (including phenoxy) is 3. The number of aromatic nitrogens is 1. The van der Waals surface area contributed by atoms with E-state index in [1.165, 1.54) is 25.4 Å². The molecule has 0 atom stereocenters. The maximum absolute atomic E-state index is 14.0. The van der Waals surface area contributed by atoms with Crippen LogP contribution in [0, 0.1) is 12.7 Å². The Balaban J connectivity index is 0.00000387. The molecule has 0 bridgehead atoms. The topological polar surface area (TPSA) is 98.8 Å². The third-order valence-corrected chi connectivity index (χ3v) is 6.66. The van der Waals surface area contributed by atoms with E-state index in [-0.39, 0.29) is 19.7 Å². The van der Waals surface area contributed by atoms with Crippen LogP contribution in [0.4, 0.5) is 15.8 Å². The molecule has 2 N–H and O–H groups in total. The van der Waals surface area contributed by atoms with E-state index >= 15 is 0 Å². The fourth-order valence-corrected chi connectivity index (χ4v) is 4.45. The average molecular weight is 544 g/mol. The van der Waals surface area contributed by atoms with Gasteiger partial charge >= 0.3 is 5.97 Å². The summed E-state index contributed by atoms with van der Waals surface area (Å²) in [5, 5.41) is 6.29. The summed E-state index contributed by atoms with van der Waals surface area (Å²) >= 11 is 0. The highest BCUT2D eigenvalue weighted by atomic mass is 19.1. The standard InChI is InChI=1S/C31H28FN3O5.H2/c1-18-7-8-20(32)14-26(18)39-17-24-22(11-12-25-28(24)34-30(37)31(2,3)35-25)23-10-9-21(15-27(23)38-4)40-29(36)19-6-5-13-33-16-19;/h5-16,35H,17H2,1-4H3,(H,34,37);1H. The zero-order valence-corrected chi connectivity index (χ0v) is 22.5. The Morgan fingerprint density at radius 2 is 1.85 bits per heavy atom. The normalized spacial score (nSPS) is 13.5. The molecule has 8 nitrogen and oxygen atoms in total. The second-order valence-corrected chi connectivity index (χ2v) is 9.91. The van der Waals surface area contributed by atoms with Gasteiger partial charge in [0.05, 0.1) is 24.0 Å². The van der Waals surface area contributed by atoms with Crippen molar-refractivity contribution in [1.82, 2.24) is 4.98 Å². The Morgan fingerprint density at radius 1 is 1.05 bits per heavy atom. The number of methoxy groups -OCH3 is 1. The van der Waals surface area contributed by atoms with E-state index in [9.17, 15) is 14.0 Å². The quantitative estimate of drug-likeness (QED) is 0.206. The molecule has 0 aliphatic carbocycles. The van der Waals surface area contributed by atoms with Gasteiger partial charge in [0.1, 0.15) is 35.2 Å². The lowest BCUT2D eigenvalue weighted by atomic mass is 9.92. The molecule has 5 rings (SSSR count). The first-order valence-electron chi connectivity index (χ1n) is 12.6. The molecule has 1 aliphatic rings. The minimum absolute atomic E-state index is 0. The molecular formula is C31H30FN3O5. The highest BCUT2D eigenvalue weighted by Gasteiger charge is 2.35. The van der Waals surface area contributed by atoms with Gasteiger partial charge in [0, 0.05) is 37.1 Å². The summed E-state index contributed by atoms with van der Waals surface area (Å²) in [6.07, 6.45) is 3.00. The molecule has 0 spiro atoms. The third kappa shape index (κ3) is 5.31. The number of rotatable bonds is 7. The fourth-order valence-electron chi connectivity index (χ4n) is 4.45. The van der Waals surface area contributed by atoms with Crippen LogP contribution in [0.3, 0.4) is 0 Å². The number of hydrogen-bond acceptors (Lipinski definition) is 7. The average Bonchev–Trinajstić information content (AvgIpc) is 2.94. The van der Waals surface area contributed by atoms with Crippen LogP contribution in [0.15, 0.2) is 73.1 Å². The van der Waals surface area contributed by atoms with Crippen LogP contribution in [0.1, 0.15) is 36.8 Å². The maximum atomic E-state index is 14.0. The number of nitrogens with zero attached hydrogens (tertiary/aromatic N) is 1. The molecule has 4 aromatic rings. The van der Waals surface area contributed by atoms with Crippen LogP contribution < -0.4 is 24.8 Å². The van der Waals surface area contributed by atoms with Crippen molar-refractivity contribution in [2.24, 2.45) is 0 Å². The molecule has 2 heterocycles. The number of carbonyl (C=O) groups excluding carboxylic acids is 2. The van der Waals surface area contributed by atoms with Gasteiger partial charge in [-0.1, -0.05) is 12.1 Å². The summed E-state index contributed by atoms with van der Waals surface area (Å²) in [6, 6.07) is 16.4. The van der Waals surface area contributed by atoms with Gasteiger partial charge in [0.25, 0.3) is 0 Å². The lowest BCUT2D eigenvalue weighted by molar-refractivity contribution is -0.119. The van der Waals surface area contributed by atoms with Gasteiger partial charge in [-0.15, -0.1) is 0 Å². The predicted octanol–water partition coefficient (Wildman–Crippen LogP) is 6.39.